The lowest BCUT2D eigenvalue weighted by atomic mass is 10.0. The Morgan fingerprint density at radius 3 is 0.879 bits per heavy atom. The Bertz CT molecular complexity index is 958. The lowest BCUT2D eigenvalue weighted by molar-refractivity contribution is 0.151. The third kappa shape index (κ3) is 34.5. The van der Waals surface area contributed by atoms with Crippen molar-refractivity contribution in [1.29, 1.82) is 0 Å². The fourth-order valence-electron chi connectivity index (χ4n) is 7.77. The molecule has 8 nitrogen and oxygen atoms in total. The molecule has 338 valence electrons. The zero-order valence-electron chi connectivity index (χ0n) is 38.7. The number of hydrogen-bond donors (Lipinski definition) is 2. The highest BCUT2D eigenvalue weighted by atomic mass is 16.6. The van der Waals surface area contributed by atoms with Crippen LogP contribution < -0.4 is 10.6 Å². The fourth-order valence-corrected chi connectivity index (χ4v) is 7.77. The zero-order valence-corrected chi connectivity index (χ0v) is 38.7. The van der Waals surface area contributed by atoms with E-state index in [4.69, 9.17) is 9.47 Å². The first kappa shape index (κ1) is 53.7. The molecule has 0 spiro atoms. The summed E-state index contributed by atoms with van der Waals surface area (Å²) in [5, 5.41) is 5.56. The van der Waals surface area contributed by atoms with Crippen LogP contribution in [0.1, 0.15) is 220 Å². The largest absolute Gasteiger partial charge is 0.449 e. The van der Waals surface area contributed by atoms with E-state index in [0.717, 1.165) is 52.1 Å². The van der Waals surface area contributed by atoms with Crippen molar-refractivity contribution in [3.8, 4) is 0 Å². The number of rotatable bonds is 42. The topological polar surface area (TPSA) is 83.1 Å². The number of ether oxygens (including phenoxy) is 2. The first-order valence-electron chi connectivity index (χ1n) is 24.9. The fraction of sp³-hybridized carbons (Fsp3) is 0.840. The molecule has 0 aliphatic heterocycles. The molecule has 1 aromatic rings. The molecule has 2 amide bonds. The zero-order chi connectivity index (χ0) is 42.0. The van der Waals surface area contributed by atoms with Crippen molar-refractivity contribution in [2.45, 2.75) is 220 Å². The lowest BCUT2D eigenvalue weighted by Gasteiger charge is -2.20. The summed E-state index contributed by atoms with van der Waals surface area (Å²) in [4.78, 5) is 29.6. The summed E-state index contributed by atoms with van der Waals surface area (Å²) in [7, 11) is 0. The number of carbonyl (C=O) groups excluding carboxylic acids is 2. The summed E-state index contributed by atoms with van der Waals surface area (Å²) in [6.07, 6.45) is 39.4. The minimum Gasteiger partial charge on any atom is -0.449 e. The molecule has 0 unspecified atom stereocenters. The second-order valence-corrected chi connectivity index (χ2v) is 16.9. The molecule has 0 aliphatic carbocycles. The minimum atomic E-state index is -0.458. The molecule has 8 heteroatoms. The smallest absolute Gasteiger partial charge is 0.411 e. The van der Waals surface area contributed by atoms with Crippen LogP contribution in [0.2, 0.25) is 0 Å². The van der Waals surface area contributed by atoms with Crippen LogP contribution in [0.3, 0.4) is 0 Å². The minimum absolute atomic E-state index is 0.391. The highest BCUT2D eigenvalue weighted by molar-refractivity contribution is 5.87. The van der Waals surface area contributed by atoms with Gasteiger partial charge in [0, 0.05) is 24.5 Å². The van der Waals surface area contributed by atoms with Gasteiger partial charge in [0.25, 0.3) is 0 Å². The Morgan fingerprint density at radius 1 is 0.379 bits per heavy atom. The number of hydrogen-bond acceptors (Lipinski definition) is 6. The highest BCUT2D eigenvalue weighted by Crippen LogP contribution is 2.16. The molecule has 0 atom stereocenters. The first-order valence-corrected chi connectivity index (χ1v) is 24.9. The quantitative estimate of drug-likeness (QED) is 0.0640. The Balaban J connectivity index is 2.03. The maximum Gasteiger partial charge on any atom is 0.411 e. The van der Waals surface area contributed by atoms with Crippen LogP contribution in [0.5, 0.6) is 0 Å². The molecule has 0 aliphatic rings. The van der Waals surface area contributed by atoms with E-state index in [9.17, 15) is 9.59 Å². The van der Waals surface area contributed by atoms with Crippen molar-refractivity contribution < 1.29 is 19.1 Å². The highest BCUT2D eigenvalue weighted by Gasteiger charge is 2.09. The van der Waals surface area contributed by atoms with E-state index in [1.54, 1.807) is 24.3 Å². The van der Waals surface area contributed by atoms with E-state index in [1.165, 1.54) is 180 Å². The van der Waals surface area contributed by atoms with Gasteiger partial charge in [-0.1, -0.05) is 195 Å². The number of unbranched alkanes of at least 4 members (excludes halogenated alkanes) is 26. The van der Waals surface area contributed by atoms with Gasteiger partial charge in [0.1, 0.15) is 0 Å². The van der Waals surface area contributed by atoms with Crippen molar-refractivity contribution in [1.82, 2.24) is 9.80 Å². The average molecular weight is 815 g/mol. The van der Waals surface area contributed by atoms with Crippen LogP contribution in [0.4, 0.5) is 21.0 Å². The van der Waals surface area contributed by atoms with Gasteiger partial charge in [-0.15, -0.1) is 0 Å². The van der Waals surface area contributed by atoms with Crippen LogP contribution in [-0.4, -0.2) is 74.5 Å². The molecule has 2 N–H and O–H groups in total. The Morgan fingerprint density at radius 2 is 0.621 bits per heavy atom. The molecule has 58 heavy (non-hydrogen) atoms. The second-order valence-electron chi connectivity index (χ2n) is 16.9. The summed E-state index contributed by atoms with van der Waals surface area (Å²) < 4.78 is 10.9. The van der Waals surface area contributed by atoms with Crippen molar-refractivity contribution in [2.75, 3.05) is 63.1 Å². The van der Waals surface area contributed by atoms with Crippen molar-refractivity contribution in [2.24, 2.45) is 0 Å². The van der Waals surface area contributed by atoms with E-state index >= 15 is 0 Å². The van der Waals surface area contributed by atoms with E-state index < -0.39 is 12.2 Å². The van der Waals surface area contributed by atoms with Crippen LogP contribution in [-0.2, 0) is 9.47 Å². The summed E-state index contributed by atoms with van der Waals surface area (Å²) in [5.74, 6) is 0. The van der Waals surface area contributed by atoms with Crippen molar-refractivity contribution >= 4 is 23.6 Å². The molecule has 0 aromatic heterocycles. The summed E-state index contributed by atoms with van der Waals surface area (Å²) >= 11 is 0. The van der Waals surface area contributed by atoms with E-state index in [-0.39, 0.29) is 0 Å². The van der Waals surface area contributed by atoms with Crippen LogP contribution in [0, 0.1) is 0 Å². The lowest BCUT2D eigenvalue weighted by Crippen LogP contribution is -2.27. The maximum absolute atomic E-state index is 12.4. The van der Waals surface area contributed by atoms with Gasteiger partial charge in [0.2, 0.25) is 0 Å². The summed E-state index contributed by atoms with van der Waals surface area (Å²) in [6.45, 7) is 15.9. The maximum atomic E-state index is 12.4. The molecule has 0 heterocycles. The van der Waals surface area contributed by atoms with Gasteiger partial charge < -0.3 is 19.3 Å². The molecule has 0 bridgehead atoms. The first-order chi connectivity index (χ1) is 28.5. The Labute approximate surface area is 359 Å². The Hall–Kier alpha value is -2.32. The monoisotopic (exact) mass is 815 g/mol. The van der Waals surface area contributed by atoms with Gasteiger partial charge in [-0.05, 0) is 76.1 Å². The van der Waals surface area contributed by atoms with Crippen LogP contribution in [0.15, 0.2) is 24.3 Å². The van der Waals surface area contributed by atoms with Gasteiger partial charge in [-0.3, -0.25) is 10.6 Å². The van der Waals surface area contributed by atoms with E-state index in [1.807, 2.05) is 0 Å². The van der Waals surface area contributed by atoms with Gasteiger partial charge in [-0.2, -0.15) is 0 Å². The van der Waals surface area contributed by atoms with E-state index in [2.05, 4.69) is 48.1 Å². The molecule has 0 saturated heterocycles. The summed E-state index contributed by atoms with van der Waals surface area (Å²) in [6, 6.07) is 7.01. The molecule has 1 aromatic carbocycles. The van der Waals surface area contributed by atoms with Crippen LogP contribution >= 0.6 is 0 Å². The van der Waals surface area contributed by atoms with Crippen LogP contribution in [0.25, 0.3) is 0 Å². The normalized spacial score (nSPS) is 11.4. The second kappa shape index (κ2) is 41.4. The predicted octanol–water partition coefficient (Wildman–Crippen LogP) is 15.2. The van der Waals surface area contributed by atoms with Crippen molar-refractivity contribution in [3.05, 3.63) is 24.3 Å². The molecular formula is C50H94N4O4. The standard InChI is InChI=1S/C50H94N4O4/c1-5-9-11-13-15-17-19-21-23-25-27-29-31-33-41-53(7-3)43-35-45-57-49(55)51-47-37-39-48(40-38-47)52-50(56)58-46-36-44-54(8-4)42-34-32-30-28-26-24-22-20-18-16-14-12-10-6-2/h37-40H,5-36,41-46H2,1-4H3,(H,51,55)(H,52,56). The van der Waals surface area contributed by atoms with Crippen molar-refractivity contribution in [3.63, 3.8) is 0 Å². The third-order valence-electron chi connectivity index (χ3n) is 11.6. The van der Waals surface area contributed by atoms with Gasteiger partial charge in [-0.25, -0.2) is 9.59 Å². The molecule has 0 fully saturated rings. The number of benzene rings is 1. The van der Waals surface area contributed by atoms with Gasteiger partial charge in [0.05, 0.1) is 13.2 Å². The number of carbonyl (C=O) groups is 2. The average Bonchev–Trinajstić information content (AvgIpc) is 3.23. The predicted molar refractivity (Wildman–Crippen MR) is 250 cm³/mol. The Kier molecular flexibility index (Phi) is 38.3. The molecule has 0 radical (unpaired) electrons. The van der Waals surface area contributed by atoms with Gasteiger partial charge in [0.15, 0.2) is 0 Å². The van der Waals surface area contributed by atoms with E-state index in [0.29, 0.717) is 24.6 Å². The molecular weight excluding hydrogens is 721 g/mol. The number of anilines is 2. The number of nitrogens with zero attached hydrogens (tertiary/aromatic N) is 2. The molecule has 1 rings (SSSR count). The van der Waals surface area contributed by atoms with Gasteiger partial charge >= 0.3 is 12.2 Å². The third-order valence-corrected chi connectivity index (χ3v) is 11.6. The molecule has 0 saturated carbocycles. The SMILES string of the molecule is CCCCCCCCCCCCCCCCN(CC)CCCOC(=O)Nc1ccc(NC(=O)OCCCN(CC)CCCCCCCCCCCCCCCC)cc1. The number of nitrogens with one attached hydrogen (secondary N) is 2. The summed E-state index contributed by atoms with van der Waals surface area (Å²) in [5.41, 5.74) is 1.24. The number of amides is 2.